The molecule has 0 aromatic carbocycles. The van der Waals surface area contributed by atoms with E-state index in [1.807, 2.05) is 0 Å². The van der Waals surface area contributed by atoms with E-state index in [4.69, 9.17) is 5.73 Å². The van der Waals surface area contributed by atoms with Crippen LogP contribution in [-0.4, -0.2) is 39.9 Å². The Morgan fingerprint density at radius 2 is 2.11 bits per heavy atom. The Balaban J connectivity index is 2.97. The number of aromatic nitrogens is 2. The third kappa shape index (κ3) is 4.46. The molecule has 8 heteroatoms. The van der Waals surface area contributed by atoms with Crippen molar-refractivity contribution >= 4 is 11.6 Å². The predicted octanol–water partition coefficient (Wildman–Crippen LogP) is 1.66. The summed E-state index contributed by atoms with van der Waals surface area (Å²) in [7, 11) is 1.55. The van der Waals surface area contributed by atoms with Gasteiger partial charge in [0.1, 0.15) is 6.54 Å². The molecule has 0 aliphatic rings. The minimum absolute atomic E-state index is 0.00560. The smallest absolute Gasteiger partial charge is 0.396 e. The average molecular weight is 278 g/mol. The number of halogens is 3. The molecule has 0 saturated carbocycles. The van der Waals surface area contributed by atoms with Crippen molar-refractivity contribution in [2.24, 2.45) is 13.0 Å². The van der Waals surface area contributed by atoms with Crippen LogP contribution >= 0.6 is 0 Å². The molecule has 5 nitrogen and oxygen atoms in total. The zero-order valence-corrected chi connectivity index (χ0v) is 11.0. The summed E-state index contributed by atoms with van der Waals surface area (Å²) in [5.74, 6) is -0.889. The van der Waals surface area contributed by atoms with Gasteiger partial charge in [0.2, 0.25) is 0 Å². The van der Waals surface area contributed by atoms with Gasteiger partial charge in [0.25, 0.3) is 5.91 Å². The van der Waals surface area contributed by atoms with Crippen molar-refractivity contribution in [3.63, 3.8) is 0 Å². The maximum absolute atomic E-state index is 12.5. The molecule has 1 heterocycles. The topological polar surface area (TPSA) is 64.2 Å². The number of anilines is 1. The summed E-state index contributed by atoms with van der Waals surface area (Å²) in [5.41, 5.74) is 5.49. The Hall–Kier alpha value is -1.73. The van der Waals surface area contributed by atoms with E-state index in [1.54, 1.807) is 20.9 Å². The molecule has 0 aliphatic carbocycles. The van der Waals surface area contributed by atoms with Crippen LogP contribution in [0.15, 0.2) is 6.20 Å². The quantitative estimate of drug-likeness (QED) is 0.911. The highest BCUT2D eigenvalue weighted by Gasteiger charge is 2.34. The first kappa shape index (κ1) is 15.3. The number of hydrogen-bond donors (Lipinski definition) is 1. The van der Waals surface area contributed by atoms with Gasteiger partial charge in [-0.15, -0.1) is 0 Å². The SMILES string of the molecule is CC(C)CN(CC(F)(F)F)C(=O)c1nn(C)cc1N. The van der Waals surface area contributed by atoms with Gasteiger partial charge < -0.3 is 10.6 Å². The van der Waals surface area contributed by atoms with Gasteiger partial charge in [-0.3, -0.25) is 9.48 Å². The Kier molecular flexibility index (Phi) is 4.43. The Morgan fingerprint density at radius 1 is 1.53 bits per heavy atom. The summed E-state index contributed by atoms with van der Waals surface area (Å²) in [6.45, 7) is 2.16. The van der Waals surface area contributed by atoms with E-state index in [-0.39, 0.29) is 23.8 Å². The molecule has 108 valence electrons. The molecule has 0 saturated heterocycles. The number of amides is 1. The first-order chi connectivity index (χ1) is 8.60. The van der Waals surface area contributed by atoms with Crippen LogP contribution < -0.4 is 5.73 Å². The van der Waals surface area contributed by atoms with Crippen molar-refractivity contribution in [2.45, 2.75) is 20.0 Å². The number of alkyl halides is 3. The molecule has 0 radical (unpaired) electrons. The lowest BCUT2D eigenvalue weighted by atomic mass is 10.2. The number of carbonyl (C=O) groups excluding carboxylic acids is 1. The Bertz CT molecular complexity index is 453. The minimum Gasteiger partial charge on any atom is -0.396 e. The van der Waals surface area contributed by atoms with Crippen molar-refractivity contribution in [3.8, 4) is 0 Å². The molecule has 0 spiro atoms. The lowest BCUT2D eigenvalue weighted by Crippen LogP contribution is -2.41. The predicted molar refractivity (Wildman–Crippen MR) is 64.4 cm³/mol. The van der Waals surface area contributed by atoms with Crippen LogP contribution in [0, 0.1) is 5.92 Å². The molecule has 1 aromatic heterocycles. The Morgan fingerprint density at radius 3 is 2.47 bits per heavy atom. The van der Waals surface area contributed by atoms with E-state index in [9.17, 15) is 18.0 Å². The molecule has 0 unspecified atom stereocenters. The molecule has 0 aliphatic heterocycles. The van der Waals surface area contributed by atoms with E-state index >= 15 is 0 Å². The number of aryl methyl sites for hydroxylation is 1. The van der Waals surface area contributed by atoms with E-state index < -0.39 is 18.6 Å². The van der Waals surface area contributed by atoms with E-state index in [2.05, 4.69) is 5.10 Å². The largest absolute Gasteiger partial charge is 0.406 e. The highest BCUT2D eigenvalue weighted by molar-refractivity contribution is 5.97. The van der Waals surface area contributed by atoms with Gasteiger partial charge in [0.15, 0.2) is 5.69 Å². The number of nitrogens with two attached hydrogens (primary N) is 1. The lowest BCUT2D eigenvalue weighted by molar-refractivity contribution is -0.141. The summed E-state index contributed by atoms with van der Waals surface area (Å²) >= 11 is 0. The third-order valence-electron chi connectivity index (χ3n) is 2.30. The van der Waals surface area contributed by atoms with Crippen molar-refractivity contribution in [3.05, 3.63) is 11.9 Å². The van der Waals surface area contributed by atoms with Crippen LogP contribution in [0.2, 0.25) is 0 Å². The third-order valence-corrected chi connectivity index (χ3v) is 2.30. The first-order valence-electron chi connectivity index (χ1n) is 5.75. The van der Waals surface area contributed by atoms with Gasteiger partial charge in [-0.1, -0.05) is 13.8 Å². The highest BCUT2D eigenvalue weighted by Crippen LogP contribution is 2.20. The second-order valence-electron chi connectivity index (χ2n) is 4.80. The molecule has 19 heavy (non-hydrogen) atoms. The second-order valence-corrected chi connectivity index (χ2v) is 4.80. The molecule has 0 fully saturated rings. The van der Waals surface area contributed by atoms with Gasteiger partial charge in [-0.05, 0) is 5.92 Å². The number of nitrogen functional groups attached to an aromatic ring is 1. The summed E-state index contributed by atoms with van der Waals surface area (Å²) in [4.78, 5) is 12.8. The number of carbonyl (C=O) groups is 1. The molecule has 0 atom stereocenters. The number of rotatable bonds is 4. The average Bonchev–Trinajstić information content (AvgIpc) is 2.53. The maximum atomic E-state index is 12.5. The summed E-state index contributed by atoms with van der Waals surface area (Å²) in [6, 6.07) is 0. The molecular weight excluding hydrogens is 261 g/mol. The molecule has 0 bridgehead atoms. The maximum Gasteiger partial charge on any atom is 0.406 e. The second kappa shape index (κ2) is 5.50. The van der Waals surface area contributed by atoms with Gasteiger partial charge >= 0.3 is 6.18 Å². The lowest BCUT2D eigenvalue weighted by Gasteiger charge is -2.25. The van der Waals surface area contributed by atoms with Crippen LogP contribution in [0.3, 0.4) is 0 Å². The van der Waals surface area contributed by atoms with Crippen LogP contribution in [-0.2, 0) is 7.05 Å². The fourth-order valence-electron chi connectivity index (χ4n) is 1.70. The first-order valence-corrected chi connectivity index (χ1v) is 5.75. The molecular formula is C11H17F3N4O. The number of nitrogens with zero attached hydrogens (tertiary/aromatic N) is 3. The van der Waals surface area contributed by atoms with Crippen molar-refractivity contribution in [2.75, 3.05) is 18.8 Å². The highest BCUT2D eigenvalue weighted by atomic mass is 19.4. The fraction of sp³-hybridized carbons (Fsp3) is 0.636. The van der Waals surface area contributed by atoms with Gasteiger partial charge in [0, 0.05) is 19.8 Å². The molecule has 1 amide bonds. The van der Waals surface area contributed by atoms with Gasteiger partial charge in [0.05, 0.1) is 5.69 Å². The van der Waals surface area contributed by atoms with Crippen LogP contribution in [0.5, 0.6) is 0 Å². The monoisotopic (exact) mass is 278 g/mol. The summed E-state index contributed by atoms with van der Waals surface area (Å²) in [5, 5.41) is 3.80. The van der Waals surface area contributed by atoms with Crippen LogP contribution in [0.1, 0.15) is 24.3 Å². The van der Waals surface area contributed by atoms with Crippen LogP contribution in [0.4, 0.5) is 18.9 Å². The van der Waals surface area contributed by atoms with Gasteiger partial charge in [-0.2, -0.15) is 18.3 Å². The van der Waals surface area contributed by atoms with E-state index in [0.717, 1.165) is 4.90 Å². The molecule has 2 N–H and O–H groups in total. The standard InChI is InChI=1S/C11H17F3N4O/c1-7(2)4-18(6-11(12,13)14)10(19)9-8(15)5-17(3)16-9/h5,7H,4,6,15H2,1-3H3. The van der Waals surface area contributed by atoms with Crippen LogP contribution in [0.25, 0.3) is 0 Å². The Labute approximate surface area is 109 Å². The zero-order chi connectivity index (χ0) is 14.8. The normalized spacial score (nSPS) is 11.9. The minimum atomic E-state index is -4.45. The van der Waals surface area contributed by atoms with Gasteiger partial charge in [-0.25, -0.2) is 0 Å². The summed E-state index contributed by atoms with van der Waals surface area (Å²) in [6.07, 6.45) is -3.07. The van der Waals surface area contributed by atoms with Crippen molar-refractivity contribution in [1.82, 2.24) is 14.7 Å². The van der Waals surface area contributed by atoms with Crippen molar-refractivity contribution in [1.29, 1.82) is 0 Å². The molecule has 1 rings (SSSR count). The molecule has 1 aromatic rings. The van der Waals surface area contributed by atoms with E-state index in [0.29, 0.717) is 0 Å². The fourth-order valence-corrected chi connectivity index (χ4v) is 1.70. The zero-order valence-electron chi connectivity index (χ0n) is 11.0. The van der Waals surface area contributed by atoms with E-state index in [1.165, 1.54) is 10.9 Å². The summed E-state index contributed by atoms with van der Waals surface area (Å²) < 4.78 is 38.8. The van der Waals surface area contributed by atoms with Crippen molar-refractivity contribution < 1.29 is 18.0 Å². The number of hydrogen-bond acceptors (Lipinski definition) is 3.